The molecule has 1 fully saturated rings. The van der Waals surface area contributed by atoms with Crippen molar-refractivity contribution in [3.8, 4) is 5.88 Å². The van der Waals surface area contributed by atoms with Gasteiger partial charge in [-0.3, -0.25) is 4.79 Å². The Morgan fingerprint density at radius 2 is 2.35 bits per heavy atom. The van der Waals surface area contributed by atoms with Crippen molar-refractivity contribution < 1.29 is 19.0 Å². The van der Waals surface area contributed by atoms with E-state index < -0.39 is 5.60 Å². The molecule has 1 atom stereocenters. The summed E-state index contributed by atoms with van der Waals surface area (Å²) in [5.74, 6) is 0.439. The summed E-state index contributed by atoms with van der Waals surface area (Å²) in [6.07, 6.45) is 4.32. The van der Waals surface area contributed by atoms with Gasteiger partial charge >= 0.3 is 0 Å². The molecule has 1 aliphatic rings. The highest BCUT2D eigenvalue weighted by molar-refractivity contribution is 5.85. The molecule has 0 aromatic carbocycles. The third-order valence-corrected chi connectivity index (χ3v) is 3.85. The molecule has 1 N–H and O–H groups in total. The molecule has 1 unspecified atom stereocenters. The zero-order valence-corrected chi connectivity index (χ0v) is 14.0. The number of carbonyl (C=O) groups is 1. The second-order valence-electron chi connectivity index (χ2n) is 5.58. The maximum absolute atomic E-state index is 12.5. The smallest absolute Gasteiger partial charge is 0.255 e. The van der Waals surface area contributed by atoms with Crippen molar-refractivity contribution in [1.82, 2.24) is 10.3 Å². The largest absolute Gasteiger partial charge is 0.477 e. The summed E-state index contributed by atoms with van der Waals surface area (Å²) in [7, 11) is 0. The minimum Gasteiger partial charge on any atom is -0.477 e. The summed E-state index contributed by atoms with van der Waals surface area (Å²) in [4.78, 5) is 16.8. The van der Waals surface area contributed by atoms with Crippen LogP contribution in [-0.2, 0) is 20.8 Å². The molecule has 0 radical (unpaired) electrons. The van der Waals surface area contributed by atoms with Gasteiger partial charge < -0.3 is 19.5 Å². The second-order valence-corrected chi connectivity index (χ2v) is 5.58. The number of amides is 1. The third-order valence-electron chi connectivity index (χ3n) is 3.85. The maximum atomic E-state index is 12.5. The van der Waals surface area contributed by atoms with Crippen LogP contribution in [0, 0.1) is 0 Å². The Bertz CT molecular complexity index is 501. The van der Waals surface area contributed by atoms with Crippen LogP contribution in [0.2, 0.25) is 0 Å². The summed E-state index contributed by atoms with van der Waals surface area (Å²) in [6.45, 7) is 6.32. The molecular formula is C17H26N2O4. The van der Waals surface area contributed by atoms with E-state index in [-0.39, 0.29) is 5.91 Å². The minimum atomic E-state index is -0.861. The minimum absolute atomic E-state index is 0.139. The second kappa shape index (κ2) is 8.84. The summed E-state index contributed by atoms with van der Waals surface area (Å²) in [5.41, 5.74) is 0.00252. The quantitative estimate of drug-likeness (QED) is 0.705. The monoisotopic (exact) mass is 322 g/mol. The van der Waals surface area contributed by atoms with Crippen LogP contribution in [0.3, 0.4) is 0 Å². The van der Waals surface area contributed by atoms with E-state index in [0.717, 1.165) is 18.4 Å². The van der Waals surface area contributed by atoms with Gasteiger partial charge in [-0.05, 0) is 19.4 Å². The molecular weight excluding hydrogens is 296 g/mol. The molecule has 1 aromatic rings. The van der Waals surface area contributed by atoms with Gasteiger partial charge in [-0.1, -0.05) is 19.4 Å². The number of unbranched alkanes of at least 4 members (excludes halogenated alkanes) is 1. The number of pyridine rings is 1. The summed E-state index contributed by atoms with van der Waals surface area (Å²) >= 11 is 0. The fraction of sp³-hybridized carbons (Fsp3) is 0.647. The van der Waals surface area contributed by atoms with Gasteiger partial charge in [0.25, 0.3) is 5.91 Å². The predicted molar refractivity (Wildman–Crippen MR) is 86.3 cm³/mol. The first kappa shape index (κ1) is 17.7. The Morgan fingerprint density at radius 1 is 1.48 bits per heavy atom. The lowest BCUT2D eigenvalue weighted by Gasteiger charge is -2.26. The Hall–Kier alpha value is -1.66. The zero-order valence-electron chi connectivity index (χ0n) is 14.0. The first-order valence-corrected chi connectivity index (χ1v) is 8.28. The molecule has 6 heteroatoms. The van der Waals surface area contributed by atoms with Gasteiger partial charge in [-0.25, -0.2) is 4.98 Å². The highest BCUT2D eigenvalue weighted by Crippen LogP contribution is 2.24. The summed E-state index contributed by atoms with van der Waals surface area (Å²) < 4.78 is 16.7. The van der Waals surface area contributed by atoms with Crippen molar-refractivity contribution in [2.45, 2.75) is 45.3 Å². The van der Waals surface area contributed by atoms with Gasteiger partial charge in [0.05, 0.1) is 19.8 Å². The molecule has 2 heterocycles. The average molecular weight is 322 g/mol. The molecule has 128 valence electrons. The Labute approximate surface area is 137 Å². The summed E-state index contributed by atoms with van der Waals surface area (Å²) in [6, 6.07) is 3.75. The SMILES string of the molecule is CCCCOc1ncccc1CNC(=O)C1(OCC)CCOC1. The van der Waals surface area contributed by atoms with Crippen LogP contribution in [0.15, 0.2) is 18.3 Å². The normalized spacial score (nSPS) is 20.4. The molecule has 1 saturated heterocycles. The molecule has 0 spiro atoms. The van der Waals surface area contributed by atoms with Crippen LogP contribution < -0.4 is 10.1 Å². The van der Waals surface area contributed by atoms with Gasteiger partial charge in [0, 0.05) is 31.3 Å². The number of hydrogen-bond acceptors (Lipinski definition) is 5. The molecule has 0 bridgehead atoms. The van der Waals surface area contributed by atoms with Crippen molar-refractivity contribution in [1.29, 1.82) is 0 Å². The Kier molecular flexibility index (Phi) is 6.80. The van der Waals surface area contributed by atoms with Crippen LogP contribution in [0.1, 0.15) is 38.7 Å². The Morgan fingerprint density at radius 3 is 3.04 bits per heavy atom. The number of carbonyl (C=O) groups excluding carboxylic acids is 1. The van der Waals surface area contributed by atoms with E-state index in [0.29, 0.717) is 45.3 Å². The van der Waals surface area contributed by atoms with Gasteiger partial charge in [0.1, 0.15) is 0 Å². The van der Waals surface area contributed by atoms with E-state index in [1.54, 1.807) is 6.20 Å². The molecule has 23 heavy (non-hydrogen) atoms. The van der Waals surface area contributed by atoms with E-state index in [2.05, 4.69) is 17.2 Å². The van der Waals surface area contributed by atoms with Crippen molar-refractivity contribution in [3.63, 3.8) is 0 Å². The van der Waals surface area contributed by atoms with Crippen molar-refractivity contribution >= 4 is 5.91 Å². The fourth-order valence-electron chi connectivity index (χ4n) is 2.52. The van der Waals surface area contributed by atoms with Gasteiger partial charge in [-0.2, -0.15) is 0 Å². The number of nitrogens with zero attached hydrogens (tertiary/aromatic N) is 1. The van der Waals surface area contributed by atoms with Crippen molar-refractivity contribution in [3.05, 3.63) is 23.9 Å². The lowest BCUT2D eigenvalue weighted by molar-refractivity contribution is -0.146. The standard InChI is InChI=1S/C17H26N2O4/c1-3-5-10-22-15-14(7-6-9-18-15)12-19-16(20)17(23-4-2)8-11-21-13-17/h6-7,9H,3-5,8,10-13H2,1-2H3,(H,19,20). The van der Waals surface area contributed by atoms with Crippen LogP contribution in [0.25, 0.3) is 0 Å². The van der Waals surface area contributed by atoms with E-state index >= 15 is 0 Å². The topological polar surface area (TPSA) is 69.7 Å². The van der Waals surface area contributed by atoms with Crippen molar-refractivity contribution in [2.75, 3.05) is 26.4 Å². The number of aromatic nitrogens is 1. The lowest BCUT2D eigenvalue weighted by Crippen LogP contribution is -2.49. The Balaban J connectivity index is 1.95. The predicted octanol–water partition coefficient (Wildman–Crippen LogP) is 2.07. The van der Waals surface area contributed by atoms with E-state index in [4.69, 9.17) is 14.2 Å². The molecule has 1 amide bonds. The third kappa shape index (κ3) is 4.65. The van der Waals surface area contributed by atoms with Crippen LogP contribution in [-0.4, -0.2) is 42.9 Å². The fourth-order valence-corrected chi connectivity index (χ4v) is 2.52. The van der Waals surface area contributed by atoms with E-state index in [1.807, 2.05) is 19.1 Å². The first-order valence-electron chi connectivity index (χ1n) is 8.28. The number of hydrogen-bond donors (Lipinski definition) is 1. The van der Waals surface area contributed by atoms with E-state index in [9.17, 15) is 4.79 Å². The van der Waals surface area contributed by atoms with Gasteiger partial charge in [0.15, 0.2) is 5.60 Å². The molecule has 2 rings (SSSR count). The number of nitrogens with one attached hydrogen (secondary N) is 1. The lowest BCUT2D eigenvalue weighted by atomic mass is 10.0. The average Bonchev–Trinajstić information content (AvgIpc) is 3.04. The van der Waals surface area contributed by atoms with Gasteiger partial charge in [-0.15, -0.1) is 0 Å². The van der Waals surface area contributed by atoms with Crippen LogP contribution >= 0.6 is 0 Å². The van der Waals surface area contributed by atoms with Crippen LogP contribution in [0.5, 0.6) is 5.88 Å². The van der Waals surface area contributed by atoms with Crippen molar-refractivity contribution in [2.24, 2.45) is 0 Å². The first-order chi connectivity index (χ1) is 11.2. The molecule has 1 aromatic heterocycles. The zero-order chi connectivity index (χ0) is 16.5. The maximum Gasteiger partial charge on any atom is 0.255 e. The highest BCUT2D eigenvalue weighted by Gasteiger charge is 2.43. The molecule has 6 nitrogen and oxygen atoms in total. The number of ether oxygens (including phenoxy) is 3. The molecule has 0 aliphatic carbocycles. The van der Waals surface area contributed by atoms with Crippen LogP contribution in [0.4, 0.5) is 0 Å². The molecule has 0 saturated carbocycles. The number of rotatable bonds is 9. The summed E-state index contributed by atoms with van der Waals surface area (Å²) in [5, 5.41) is 2.93. The van der Waals surface area contributed by atoms with Gasteiger partial charge in [0.2, 0.25) is 5.88 Å². The highest BCUT2D eigenvalue weighted by atomic mass is 16.6. The molecule has 1 aliphatic heterocycles. The van der Waals surface area contributed by atoms with E-state index in [1.165, 1.54) is 0 Å².